The lowest BCUT2D eigenvalue weighted by molar-refractivity contribution is -0.154. The molecule has 0 fully saturated rings. The number of amides is 13. The number of carboxylic acid groups (broad SMARTS) is 2. The summed E-state index contributed by atoms with van der Waals surface area (Å²) in [6, 6.07) is 36.6. The van der Waals surface area contributed by atoms with Crippen LogP contribution in [0.3, 0.4) is 0 Å². The Hall–Kier alpha value is -11.7. The van der Waals surface area contributed by atoms with Crippen LogP contribution >= 0.6 is 11.8 Å². The van der Waals surface area contributed by atoms with E-state index < -0.39 is 229 Å². The van der Waals surface area contributed by atoms with Crippen LogP contribution in [0.25, 0.3) is 0 Å². The summed E-state index contributed by atoms with van der Waals surface area (Å²) in [6.07, 6.45) is 1.78. The van der Waals surface area contributed by atoms with Crippen molar-refractivity contribution in [3.05, 3.63) is 179 Å². The molecular weight excluding hydrogens is 1630 g/mol. The number of nitrogens with zero attached hydrogens (tertiary/aromatic N) is 12. The van der Waals surface area contributed by atoms with Crippen LogP contribution < -0.4 is 11.5 Å². The zero-order chi connectivity index (χ0) is 92.7. The van der Waals surface area contributed by atoms with Gasteiger partial charge in [0.25, 0.3) is 0 Å². The molecular formula is C89H124N14O21S. The van der Waals surface area contributed by atoms with Crippen LogP contribution in [0.5, 0.6) is 0 Å². The Morgan fingerprint density at radius 3 is 0.728 bits per heavy atom. The Kier molecular flexibility index (Phi) is 43.9. The minimum Gasteiger partial charge on any atom is -0.480 e. The Morgan fingerprint density at radius 2 is 0.488 bits per heavy atom. The predicted octanol–water partition coefficient (Wildman–Crippen LogP) is 3.85. The summed E-state index contributed by atoms with van der Waals surface area (Å²) in [6.45, 7) is 2.58. The van der Waals surface area contributed by atoms with Crippen molar-refractivity contribution in [1.82, 2.24) is 58.8 Å². The maximum absolute atomic E-state index is 15.9. The van der Waals surface area contributed by atoms with E-state index >= 15 is 33.6 Å². The Labute approximate surface area is 736 Å². The lowest BCUT2D eigenvalue weighted by Crippen LogP contribution is -2.57. The second kappa shape index (κ2) is 52.8. The molecule has 13 amide bonds. The SMILES string of the molecule is COCC(C)N(CC(=O)N(CC(N)=O)CC(=O)O)C(=O)CN(C(=O)CN(CC(=O)O)C(=O)CN(C(=O)CN(C(=O)CN(C(=O)CN(C(=O)CN(C(=O)CN(CCN)C(=O)CN(C(=O)CN(C(=O)CSC)C(C)c1ccccc1)C(C)c1ccccc1)C(C)c1ccccc1)C(C)c1ccccc1)C(C)c1ccccc1)C(C)COC)C(C)COC)C(C)COC. The van der Waals surface area contributed by atoms with Crippen LogP contribution in [0, 0.1) is 0 Å². The summed E-state index contributed by atoms with van der Waals surface area (Å²) >= 11 is 1.30. The largest absolute Gasteiger partial charge is 0.480 e. The van der Waals surface area contributed by atoms with Gasteiger partial charge in [0.2, 0.25) is 76.8 Å². The van der Waals surface area contributed by atoms with Gasteiger partial charge in [-0.15, -0.1) is 0 Å². The highest BCUT2D eigenvalue weighted by atomic mass is 32.2. The topological polar surface area (TPSA) is 424 Å². The first kappa shape index (κ1) is 104. The fourth-order valence-electron chi connectivity index (χ4n) is 14.3. The first-order valence-corrected chi connectivity index (χ1v) is 42.5. The van der Waals surface area contributed by atoms with Gasteiger partial charge in [0.15, 0.2) is 0 Å². The Bertz CT molecular complexity index is 4340. The third-order valence-corrected chi connectivity index (χ3v) is 22.1. The van der Waals surface area contributed by atoms with E-state index in [1.54, 1.807) is 144 Å². The third kappa shape index (κ3) is 32.1. The zero-order valence-corrected chi connectivity index (χ0v) is 74.9. The molecule has 5 aromatic carbocycles. The second-order valence-electron chi connectivity index (χ2n) is 30.6. The highest BCUT2D eigenvalue weighted by Gasteiger charge is 2.40. The van der Waals surface area contributed by atoms with Crippen molar-refractivity contribution in [2.24, 2.45) is 11.5 Å². The Morgan fingerprint density at radius 1 is 0.288 bits per heavy atom. The number of carboxylic acids is 2. The number of nitrogens with two attached hydrogens (primary N) is 2. The molecule has 0 spiro atoms. The molecule has 9 atom stereocenters. The maximum Gasteiger partial charge on any atom is 0.323 e. The van der Waals surface area contributed by atoms with Gasteiger partial charge >= 0.3 is 11.9 Å². The zero-order valence-electron chi connectivity index (χ0n) is 74.1. The fourth-order valence-corrected chi connectivity index (χ4v) is 14.8. The van der Waals surface area contributed by atoms with Gasteiger partial charge in [-0.2, -0.15) is 11.8 Å². The molecule has 0 heterocycles. The third-order valence-electron chi connectivity index (χ3n) is 21.5. The van der Waals surface area contributed by atoms with E-state index in [1.165, 1.54) is 90.4 Å². The van der Waals surface area contributed by atoms with Crippen molar-refractivity contribution in [1.29, 1.82) is 0 Å². The summed E-state index contributed by atoms with van der Waals surface area (Å²) in [4.78, 5) is 229. The Balaban J connectivity index is 1.53. The molecule has 35 nitrogen and oxygen atoms in total. The van der Waals surface area contributed by atoms with E-state index in [0.29, 0.717) is 32.1 Å². The molecule has 0 saturated carbocycles. The highest BCUT2D eigenvalue weighted by Crippen LogP contribution is 2.30. The molecule has 682 valence electrons. The number of carbonyl (C=O) groups is 15. The molecule has 6 N–H and O–H groups in total. The summed E-state index contributed by atoms with van der Waals surface area (Å²) < 4.78 is 21.6. The van der Waals surface area contributed by atoms with Crippen LogP contribution in [0.1, 0.15) is 120 Å². The summed E-state index contributed by atoms with van der Waals surface area (Å²) in [5.74, 6) is -13.5. The lowest BCUT2D eigenvalue weighted by atomic mass is 10.0. The maximum atomic E-state index is 15.9. The molecule has 0 saturated heterocycles. The normalized spacial score (nSPS) is 13.2. The number of rotatable bonds is 54. The molecule has 5 rings (SSSR count). The standard InChI is InChI=1S/C89H124N14O21S/c1-61(56-121-10)95(45-77(106)93(42-75(91)104)54-88(117)118)81(110)48-97(63(3)58-123-12)79(108)44-94(55-89(119)120)78(107)46-96(62(2)57-122-11)82(111)49-98(64(4)59-124-13)83(112)50-101(67(7)72-34-24-17-25-35-72)85(114)52-102(68(8)73-36-26-18-27-37-73)84(113)51-100(66(6)71-32-22-16-23-33-71)80(109)43-92(41-40-90)76(105)47-99(65(5)70-30-20-15-21-31-70)86(115)53-103(87(116)60-125-14)69(9)74-38-28-19-29-39-74/h15-39,61-69H,40-60,90H2,1-14H3,(H2,91,104)(H,117,118)(H,119,120). The van der Waals surface area contributed by atoms with Crippen molar-refractivity contribution in [3.63, 3.8) is 0 Å². The predicted molar refractivity (Wildman–Crippen MR) is 467 cm³/mol. The van der Waals surface area contributed by atoms with Crippen molar-refractivity contribution >= 4 is 100 Å². The van der Waals surface area contributed by atoms with Crippen molar-refractivity contribution in [2.45, 2.75) is 117 Å². The number of methoxy groups -OCH3 is 4. The molecule has 0 aliphatic heterocycles. The quantitative estimate of drug-likeness (QED) is 0.0429. The molecule has 125 heavy (non-hydrogen) atoms. The van der Waals surface area contributed by atoms with Crippen molar-refractivity contribution in [3.8, 4) is 0 Å². The first-order chi connectivity index (χ1) is 59.5. The molecule has 5 aromatic rings. The minimum absolute atomic E-state index is 0.0749. The highest BCUT2D eigenvalue weighted by molar-refractivity contribution is 7.99. The van der Waals surface area contributed by atoms with Crippen LogP contribution in [0.4, 0.5) is 0 Å². The van der Waals surface area contributed by atoms with Crippen molar-refractivity contribution in [2.75, 3.05) is 172 Å². The van der Waals surface area contributed by atoms with Gasteiger partial charge in [0.1, 0.15) is 78.5 Å². The molecule has 0 aromatic heterocycles. The van der Waals surface area contributed by atoms with Crippen molar-refractivity contribution < 1.29 is 101 Å². The van der Waals surface area contributed by atoms with Gasteiger partial charge in [-0.25, -0.2) is 0 Å². The summed E-state index contributed by atoms with van der Waals surface area (Å²) in [5.41, 5.74) is 14.7. The number of thioether (sulfide) groups is 1. The van der Waals surface area contributed by atoms with Gasteiger partial charge in [0, 0.05) is 41.5 Å². The summed E-state index contributed by atoms with van der Waals surface area (Å²) in [7, 11) is 5.29. The van der Waals surface area contributed by atoms with Gasteiger partial charge in [-0.05, 0) is 96.4 Å². The van der Waals surface area contributed by atoms with E-state index in [-0.39, 0.29) is 51.2 Å². The average Bonchev–Trinajstić information content (AvgIpc) is 0.817. The fraction of sp³-hybridized carbons (Fsp3) is 0.494. The number of primary amides is 1. The average molecular weight is 1760 g/mol. The second-order valence-corrected chi connectivity index (χ2v) is 31.5. The lowest BCUT2D eigenvalue weighted by Gasteiger charge is -2.38. The van der Waals surface area contributed by atoms with E-state index in [9.17, 15) is 48.6 Å². The van der Waals surface area contributed by atoms with Gasteiger partial charge in [-0.1, -0.05) is 152 Å². The number of ether oxygens (including phenoxy) is 4. The van der Waals surface area contributed by atoms with Crippen LogP contribution in [-0.2, 0) is 90.9 Å². The molecule has 36 heteroatoms. The van der Waals surface area contributed by atoms with Gasteiger partial charge in [-0.3, -0.25) is 71.9 Å². The molecule has 0 aliphatic rings. The van der Waals surface area contributed by atoms with E-state index in [0.717, 1.165) is 25.2 Å². The smallest absolute Gasteiger partial charge is 0.323 e. The number of hydrogen-bond donors (Lipinski definition) is 4. The van der Waals surface area contributed by atoms with Gasteiger partial charge < -0.3 is 99.4 Å². The van der Waals surface area contributed by atoms with E-state index in [2.05, 4.69) is 0 Å². The van der Waals surface area contributed by atoms with E-state index in [4.69, 9.17) is 30.4 Å². The van der Waals surface area contributed by atoms with Crippen LogP contribution in [-0.4, -0.2) is 354 Å². The van der Waals surface area contributed by atoms with Crippen LogP contribution in [0.2, 0.25) is 0 Å². The number of hydrogen-bond acceptors (Lipinski definition) is 21. The molecule has 0 aliphatic carbocycles. The van der Waals surface area contributed by atoms with Crippen LogP contribution in [0.15, 0.2) is 152 Å². The number of aliphatic carboxylic acids is 2. The van der Waals surface area contributed by atoms with Gasteiger partial charge in [0.05, 0.1) is 99.6 Å². The molecule has 0 bridgehead atoms. The monoisotopic (exact) mass is 1760 g/mol. The number of carbonyl (C=O) groups excluding carboxylic acids is 13. The van der Waals surface area contributed by atoms with E-state index in [1.807, 2.05) is 55.5 Å². The molecule has 0 radical (unpaired) electrons. The first-order valence-electron chi connectivity index (χ1n) is 41.1. The number of benzene rings is 5. The molecule has 9 unspecified atom stereocenters. The summed E-state index contributed by atoms with van der Waals surface area (Å²) in [5, 5.41) is 19.8. The minimum atomic E-state index is -1.59.